The van der Waals surface area contributed by atoms with E-state index in [4.69, 9.17) is 9.47 Å². The van der Waals surface area contributed by atoms with Crippen molar-refractivity contribution in [3.05, 3.63) is 98.0 Å². The molecule has 0 atom stereocenters. The van der Waals surface area contributed by atoms with Gasteiger partial charge in [0.05, 0.1) is 16.5 Å². The summed E-state index contributed by atoms with van der Waals surface area (Å²) in [5, 5.41) is 20.8. The zero-order valence-electron chi connectivity index (χ0n) is 20.7. The molecule has 194 valence electrons. The highest BCUT2D eigenvalue weighted by Gasteiger charge is 2.24. The maximum absolute atomic E-state index is 13.1. The predicted octanol–water partition coefficient (Wildman–Crippen LogP) is 5.20. The molecule has 4 rings (SSSR count). The summed E-state index contributed by atoms with van der Waals surface area (Å²) in [6.45, 7) is 2.49. The number of hydrogen-bond acceptors (Lipinski definition) is 7. The number of nitro benzene ring substituents is 1. The van der Waals surface area contributed by atoms with Gasteiger partial charge in [0.25, 0.3) is 11.6 Å². The number of ether oxygens (including phenoxy) is 2. The van der Waals surface area contributed by atoms with Gasteiger partial charge in [0, 0.05) is 44.0 Å². The molecule has 1 heterocycles. The van der Waals surface area contributed by atoms with Crippen molar-refractivity contribution < 1.29 is 19.2 Å². The molecule has 38 heavy (non-hydrogen) atoms. The van der Waals surface area contributed by atoms with E-state index in [-0.39, 0.29) is 23.8 Å². The highest BCUT2D eigenvalue weighted by atomic mass is 79.9. The minimum absolute atomic E-state index is 0.0206. The maximum Gasteiger partial charge on any atom is 0.269 e. The van der Waals surface area contributed by atoms with Gasteiger partial charge in [0.15, 0.2) is 11.5 Å². The lowest BCUT2D eigenvalue weighted by atomic mass is 10.1. The zero-order chi connectivity index (χ0) is 27.1. The van der Waals surface area contributed by atoms with Crippen LogP contribution in [0.25, 0.3) is 6.08 Å². The number of nitrogens with zero attached hydrogens (tertiary/aromatic N) is 4. The Labute approximate surface area is 228 Å². The Morgan fingerprint density at radius 1 is 1.11 bits per heavy atom. The van der Waals surface area contributed by atoms with E-state index in [1.54, 1.807) is 29.2 Å². The van der Waals surface area contributed by atoms with E-state index in [9.17, 15) is 20.2 Å². The Balaban J connectivity index is 1.47. The number of anilines is 1. The average molecular weight is 577 g/mol. The molecule has 9 nitrogen and oxygen atoms in total. The van der Waals surface area contributed by atoms with Gasteiger partial charge in [-0.15, -0.1) is 0 Å². The van der Waals surface area contributed by atoms with Crippen molar-refractivity contribution in [1.82, 2.24) is 4.90 Å². The van der Waals surface area contributed by atoms with Gasteiger partial charge in [-0.3, -0.25) is 14.9 Å². The second kappa shape index (κ2) is 12.3. The first kappa shape index (κ1) is 26.7. The first-order valence-electron chi connectivity index (χ1n) is 11.8. The third-order valence-corrected chi connectivity index (χ3v) is 6.70. The van der Waals surface area contributed by atoms with Crippen molar-refractivity contribution in [3.63, 3.8) is 0 Å². The fourth-order valence-corrected chi connectivity index (χ4v) is 4.74. The Hall–Kier alpha value is -4.36. The van der Waals surface area contributed by atoms with Gasteiger partial charge in [-0.05, 0) is 57.4 Å². The standard InChI is InChI=1S/C28H25BrN4O5/c1-37-26-17-21(16-25(29)27(26)38-19-20-6-5-9-24(15-20)33(35)36)14-22(18-30)28(34)32-12-10-31(11-13-32)23-7-3-2-4-8-23/h2-9,14-17H,10-13,19H2,1H3/b22-14-. The molecule has 0 radical (unpaired) electrons. The smallest absolute Gasteiger partial charge is 0.269 e. The number of non-ortho nitro benzene ring substituents is 1. The van der Waals surface area contributed by atoms with E-state index in [1.165, 1.54) is 25.3 Å². The van der Waals surface area contributed by atoms with Crippen LogP contribution in [0.3, 0.4) is 0 Å². The van der Waals surface area contributed by atoms with Gasteiger partial charge in [0.1, 0.15) is 18.2 Å². The fraction of sp³-hybridized carbons (Fsp3) is 0.214. The summed E-state index contributed by atoms with van der Waals surface area (Å²) >= 11 is 3.48. The summed E-state index contributed by atoms with van der Waals surface area (Å²) in [6, 6.07) is 21.6. The number of carbonyl (C=O) groups excluding carboxylic acids is 1. The Kier molecular flexibility index (Phi) is 8.61. The highest BCUT2D eigenvalue weighted by molar-refractivity contribution is 9.10. The minimum atomic E-state index is -0.460. The lowest BCUT2D eigenvalue weighted by molar-refractivity contribution is -0.384. The molecule has 1 aliphatic heterocycles. The first-order chi connectivity index (χ1) is 18.4. The molecule has 0 aromatic heterocycles. The summed E-state index contributed by atoms with van der Waals surface area (Å²) in [7, 11) is 1.48. The molecule has 0 spiro atoms. The van der Waals surface area contributed by atoms with Crippen LogP contribution in [0.2, 0.25) is 0 Å². The van der Waals surface area contributed by atoms with Gasteiger partial charge in [-0.2, -0.15) is 5.26 Å². The predicted molar refractivity (Wildman–Crippen MR) is 147 cm³/mol. The van der Waals surface area contributed by atoms with Crippen molar-refractivity contribution in [3.8, 4) is 17.6 Å². The van der Waals surface area contributed by atoms with Crippen LogP contribution < -0.4 is 14.4 Å². The number of amides is 1. The quantitative estimate of drug-likeness (QED) is 0.157. The SMILES string of the molecule is COc1cc(/C=C(/C#N)C(=O)N2CCN(c3ccccc3)CC2)cc(Br)c1OCc1cccc([N+](=O)[O-])c1. The molecule has 0 unspecified atom stereocenters. The maximum atomic E-state index is 13.1. The molecule has 3 aromatic rings. The summed E-state index contributed by atoms with van der Waals surface area (Å²) < 4.78 is 11.9. The number of para-hydroxylation sites is 1. The molecular weight excluding hydrogens is 552 g/mol. The number of rotatable bonds is 8. The van der Waals surface area contributed by atoms with E-state index in [0.29, 0.717) is 53.3 Å². The second-order valence-corrected chi connectivity index (χ2v) is 9.39. The molecule has 1 aliphatic rings. The summed E-state index contributed by atoms with van der Waals surface area (Å²) in [5.74, 6) is 0.469. The Morgan fingerprint density at radius 2 is 1.84 bits per heavy atom. The number of halogens is 1. The molecule has 1 fully saturated rings. The largest absolute Gasteiger partial charge is 0.493 e. The van der Waals surface area contributed by atoms with Crippen LogP contribution >= 0.6 is 15.9 Å². The Bertz CT molecular complexity index is 1400. The van der Waals surface area contributed by atoms with Crippen molar-refractivity contribution in [2.45, 2.75) is 6.61 Å². The first-order valence-corrected chi connectivity index (χ1v) is 12.6. The van der Waals surface area contributed by atoms with E-state index in [0.717, 1.165) is 5.69 Å². The average Bonchev–Trinajstić information content (AvgIpc) is 2.95. The molecule has 0 saturated carbocycles. The van der Waals surface area contributed by atoms with E-state index in [2.05, 4.69) is 20.8 Å². The summed E-state index contributed by atoms with van der Waals surface area (Å²) in [4.78, 5) is 27.6. The number of nitro groups is 1. The minimum Gasteiger partial charge on any atom is -0.493 e. The highest BCUT2D eigenvalue weighted by Crippen LogP contribution is 2.38. The molecule has 10 heteroatoms. The van der Waals surface area contributed by atoms with Crippen molar-refractivity contribution in [2.75, 3.05) is 38.2 Å². The zero-order valence-corrected chi connectivity index (χ0v) is 22.3. The molecular formula is C28H25BrN4O5. The van der Waals surface area contributed by atoms with E-state index >= 15 is 0 Å². The van der Waals surface area contributed by atoms with Gasteiger partial charge < -0.3 is 19.3 Å². The molecule has 0 N–H and O–H groups in total. The van der Waals surface area contributed by atoms with Crippen LogP contribution in [0, 0.1) is 21.4 Å². The van der Waals surface area contributed by atoms with Crippen molar-refractivity contribution >= 4 is 39.3 Å². The van der Waals surface area contributed by atoms with Gasteiger partial charge in [-0.1, -0.05) is 30.3 Å². The number of carbonyl (C=O) groups is 1. The monoisotopic (exact) mass is 576 g/mol. The van der Waals surface area contributed by atoms with Crippen LogP contribution in [0.5, 0.6) is 11.5 Å². The second-order valence-electron chi connectivity index (χ2n) is 8.53. The van der Waals surface area contributed by atoms with Crippen LogP contribution in [-0.2, 0) is 11.4 Å². The molecule has 3 aromatic carbocycles. The Morgan fingerprint density at radius 3 is 2.50 bits per heavy atom. The number of nitriles is 1. The topological polar surface area (TPSA) is 109 Å². The van der Waals surface area contributed by atoms with Crippen molar-refractivity contribution in [2.24, 2.45) is 0 Å². The molecule has 0 bridgehead atoms. The molecule has 1 amide bonds. The van der Waals surface area contributed by atoms with Gasteiger partial charge in [0.2, 0.25) is 0 Å². The fourth-order valence-electron chi connectivity index (χ4n) is 4.16. The number of methoxy groups -OCH3 is 1. The normalized spacial score (nSPS) is 13.6. The third-order valence-electron chi connectivity index (χ3n) is 6.11. The van der Waals surface area contributed by atoms with Crippen LogP contribution in [-0.4, -0.2) is 49.0 Å². The van der Waals surface area contributed by atoms with Crippen LogP contribution in [0.15, 0.2) is 76.8 Å². The van der Waals surface area contributed by atoms with E-state index < -0.39 is 4.92 Å². The summed E-state index contributed by atoms with van der Waals surface area (Å²) in [5.41, 5.74) is 2.33. The summed E-state index contributed by atoms with van der Waals surface area (Å²) in [6.07, 6.45) is 1.53. The third kappa shape index (κ3) is 6.30. The number of hydrogen-bond donors (Lipinski definition) is 0. The van der Waals surface area contributed by atoms with Gasteiger partial charge >= 0.3 is 0 Å². The lowest BCUT2D eigenvalue weighted by Gasteiger charge is -2.36. The van der Waals surface area contributed by atoms with E-state index in [1.807, 2.05) is 36.4 Å². The molecule has 1 saturated heterocycles. The van der Waals surface area contributed by atoms with Gasteiger partial charge in [-0.25, -0.2) is 0 Å². The van der Waals surface area contributed by atoms with Crippen LogP contribution in [0.4, 0.5) is 11.4 Å². The number of benzene rings is 3. The molecule has 0 aliphatic carbocycles. The van der Waals surface area contributed by atoms with Crippen molar-refractivity contribution in [1.29, 1.82) is 5.26 Å². The number of piperazine rings is 1. The van der Waals surface area contributed by atoms with Crippen LogP contribution in [0.1, 0.15) is 11.1 Å². The lowest BCUT2D eigenvalue weighted by Crippen LogP contribution is -2.49.